The van der Waals surface area contributed by atoms with Crippen LogP contribution in [0, 0.1) is 12.8 Å². The predicted octanol–water partition coefficient (Wildman–Crippen LogP) is 3.21. The highest BCUT2D eigenvalue weighted by molar-refractivity contribution is 5.51. The maximum atomic E-state index is 3.57. The zero-order valence-corrected chi connectivity index (χ0v) is 8.38. The molecular formula is C12H17N. The molecule has 1 aliphatic carbocycles. The predicted molar refractivity (Wildman–Crippen MR) is 57.0 cm³/mol. The lowest BCUT2D eigenvalue weighted by Gasteiger charge is -2.15. The minimum absolute atomic E-state index is 0.640. The Kier molecular flexibility index (Phi) is 2.26. The Hall–Kier alpha value is -0.980. The van der Waals surface area contributed by atoms with Gasteiger partial charge in [-0.1, -0.05) is 18.2 Å². The third-order valence-electron chi connectivity index (χ3n) is 2.86. The standard InChI is InChI=1S/C12H17N/c1-9-5-3-4-6-12(9)13-10(2)11-7-8-11/h3-6,10-11,13H,7-8H2,1-2H3/t10-/m1/s1. The van der Waals surface area contributed by atoms with Crippen molar-refractivity contribution >= 4 is 5.69 Å². The lowest BCUT2D eigenvalue weighted by atomic mass is 10.1. The van der Waals surface area contributed by atoms with Gasteiger partial charge in [-0.2, -0.15) is 0 Å². The zero-order chi connectivity index (χ0) is 9.26. The van der Waals surface area contributed by atoms with Crippen LogP contribution in [0.2, 0.25) is 0 Å². The van der Waals surface area contributed by atoms with Gasteiger partial charge in [-0.05, 0) is 44.2 Å². The Morgan fingerprint density at radius 2 is 2.00 bits per heavy atom. The molecule has 1 aliphatic rings. The maximum absolute atomic E-state index is 3.57. The van der Waals surface area contributed by atoms with E-state index in [0.29, 0.717) is 6.04 Å². The fraction of sp³-hybridized carbons (Fsp3) is 0.500. The summed E-state index contributed by atoms with van der Waals surface area (Å²) in [7, 11) is 0. The molecule has 2 rings (SSSR count). The Morgan fingerprint density at radius 3 is 2.62 bits per heavy atom. The van der Waals surface area contributed by atoms with Gasteiger partial charge < -0.3 is 5.32 Å². The van der Waals surface area contributed by atoms with Gasteiger partial charge in [0.2, 0.25) is 0 Å². The number of para-hydroxylation sites is 1. The molecule has 1 N–H and O–H groups in total. The van der Waals surface area contributed by atoms with Gasteiger partial charge >= 0.3 is 0 Å². The topological polar surface area (TPSA) is 12.0 Å². The van der Waals surface area contributed by atoms with E-state index < -0.39 is 0 Å². The van der Waals surface area contributed by atoms with Crippen LogP contribution >= 0.6 is 0 Å². The van der Waals surface area contributed by atoms with Crippen molar-refractivity contribution in [2.24, 2.45) is 5.92 Å². The van der Waals surface area contributed by atoms with Gasteiger partial charge in [0.05, 0.1) is 0 Å². The van der Waals surface area contributed by atoms with E-state index in [1.807, 2.05) is 0 Å². The van der Waals surface area contributed by atoms with Crippen LogP contribution in [0.25, 0.3) is 0 Å². The van der Waals surface area contributed by atoms with Gasteiger partial charge in [-0.15, -0.1) is 0 Å². The number of anilines is 1. The van der Waals surface area contributed by atoms with Crippen LogP contribution in [0.15, 0.2) is 24.3 Å². The van der Waals surface area contributed by atoms with Gasteiger partial charge in [0, 0.05) is 11.7 Å². The van der Waals surface area contributed by atoms with Crippen LogP contribution in [-0.4, -0.2) is 6.04 Å². The van der Waals surface area contributed by atoms with E-state index in [1.54, 1.807) is 0 Å². The molecule has 1 heteroatoms. The van der Waals surface area contributed by atoms with Crippen LogP contribution in [-0.2, 0) is 0 Å². The number of nitrogens with one attached hydrogen (secondary N) is 1. The molecule has 0 amide bonds. The third kappa shape index (κ3) is 2.03. The average Bonchev–Trinajstić information content (AvgIpc) is 2.91. The maximum Gasteiger partial charge on any atom is 0.0372 e. The molecule has 0 heterocycles. The number of benzene rings is 1. The van der Waals surface area contributed by atoms with Crippen LogP contribution in [0.3, 0.4) is 0 Å². The summed E-state index contributed by atoms with van der Waals surface area (Å²) in [4.78, 5) is 0. The highest BCUT2D eigenvalue weighted by atomic mass is 14.9. The minimum Gasteiger partial charge on any atom is -0.382 e. The van der Waals surface area contributed by atoms with Crippen molar-refractivity contribution in [2.75, 3.05) is 5.32 Å². The van der Waals surface area contributed by atoms with Gasteiger partial charge in [0.1, 0.15) is 0 Å². The molecule has 1 saturated carbocycles. The third-order valence-corrected chi connectivity index (χ3v) is 2.86. The second-order valence-electron chi connectivity index (χ2n) is 4.09. The van der Waals surface area contributed by atoms with Crippen molar-refractivity contribution in [1.82, 2.24) is 0 Å². The van der Waals surface area contributed by atoms with E-state index in [0.717, 1.165) is 5.92 Å². The van der Waals surface area contributed by atoms with Crippen molar-refractivity contribution in [1.29, 1.82) is 0 Å². The lowest BCUT2D eigenvalue weighted by molar-refractivity contribution is 0.693. The molecule has 0 bridgehead atoms. The normalized spacial score (nSPS) is 18.3. The average molecular weight is 175 g/mol. The Labute approximate surface area is 80.2 Å². The first-order chi connectivity index (χ1) is 6.27. The van der Waals surface area contributed by atoms with E-state index in [2.05, 4.69) is 43.4 Å². The van der Waals surface area contributed by atoms with Gasteiger partial charge in [-0.3, -0.25) is 0 Å². The molecule has 0 saturated heterocycles. The molecule has 1 aromatic rings. The molecule has 0 unspecified atom stereocenters. The smallest absolute Gasteiger partial charge is 0.0372 e. The second-order valence-corrected chi connectivity index (χ2v) is 4.09. The van der Waals surface area contributed by atoms with Crippen LogP contribution in [0.5, 0.6) is 0 Å². The van der Waals surface area contributed by atoms with Crippen molar-refractivity contribution < 1.29 is 0 Å². The molecule has 1 aromatic carbocycles. The van der Waals surface area contributed by atoms with E-state index in [9.17, 15) is 0 Å². The SMILES string of the molecule is Cc1ccccc1N[C@H](C)C1CC1. The highest BCUT2D eigenvalue weighted by Gasteiger charge is 2.27. The molecular weight excluding hydrogens is 158 g/mol. The minimum atomic E-state index is 0.640. The van der Waals surface area contributed by atoms with Crippen molar-refractivity contribution in [3.05, 3.63) is 29.8 Å². The number of hydrogen-bond donors (Lipinski definition) is 1. The molecule has 0 aliphatic heterocycles. The number of hydrogen-bond acceptors (Lipinski definition) is 1. The van der Waals surface area contributed by atoms with Crippen LogP contribution in [0.4, 0.5) is 5.69 Å². The molecule has 13 heavy (non-hydrogen) atoms. The van der Waals surface area contributed by atoms with E-state index in [1.165, 1.54) is 24.1 Å². The Bertz CT molecular complexity index is 289. The second kappa shape index (κ2) is 3.41. The summed E-state index contributed by atoms with van der Waals surface area (Å²) in [6.45, 7) is 4.44. The summed E-state index contributed by atoms with van der Waals surface area (Å²) in [6, 6.07) is 9.13. The first-order valence-corrected chi connectivity index (χ1v) is 5.09. The van der Waals surface area contributed by atoms with E-state index in [-0.39, 0.29) is 0 Å². The number of rotatable bonds is 3. The molecule has 0 aromatic heterocycles. The van der Waals surface area contributed by atoms with Crippen molar-refractivity contribution in [2.45, 2.75) is 32.7 Å². The fourth-order valence-corrected chi connectivity index (χ4v) is 1.69. The first-order valence-electron chi connectivity index (χ1n) is 5.09. The summed E-state index contributed by atoms with van der Waals surface area (Å²) in [5.41, 5.74) is 2.64. The van der Waals surface area contributed by atoms with Gasteiger partial charge in [-0.25, -0.2) is 0 Å². The summed E-state index contributed by atoms with van der Waals surface area (Å²) in [5, 5.41) is 3.57. The molecule has 1 nitrogen and oxygen atoms in total. The fourth-order valence-electron chi connectivity index (χ4n) is 1.69. The monoisotopic (exact) mass is 175 g/mol. The Balaban J connectivity index is 2.03. The lowest BCUT2D eigenvalue weighted by Crippen LogP contribution is -2.17. The molecule has 0 radical (unpaired) electrons. The molecule has 0 spiro atoms. The number of aryl methyl sites for hydroxylation is 1. The van der Waals surface area contributed by atoms with Gasteiger partial charge in [0.25, 0.3) is 0 Å². The van der Waals surface area contributed by atoms with Crippen molar-refractivity contribution in [3.63, 3.8) is 0 Å². The molecule has 70 valence electrons. The zero-order valence-electron chi connectivity index (χ0n) is 8.38. The Morgan fingerprint density at radius 1 is 1.31 bits per heavy atom. The summed E-state index contributed by atoms with van der Waals surface area (Å²) in [5.74, 6) is 0.916. The van der Waals surface area contributed by atoms with E-state index >= 15 is 0 Å². The van der Waals surface area contributed by atoms with Gasteiger partial charge in [0.15, 0.2) is 0 Å². The van der Waals surface area contributed by atoms with Crippen LogP contribution in [0.1, 0.15) is 25.3 Å². The summed E-state index contributed by atoms with van der Waals surface area (Å²) >= 11 is 0. The molecule has 1 fully saturated rings. The highest BCUT2D eigenvalue weighted by Crippen LogP contribution is 2.34. The van der Waals surface area contributed by atoms with Crippen LogP contribution < -0.4 is 5.32 Å². The quantitative estimate of drug-likeness (QED) is 0.743. The molecule has 1 atom stereocenters. The summed E-state index contributed by atoms with van der Waals surface area (Å²) in [6.07, 6.45) is 2.81. The largest absolute Gasteiger partial charge is 0.382 e. The van der Waals surface area contributed by atoms with Crippen molar-refractivity contribution in [3.8, 4) is 0 Å². The summed E-state index contributed by atoms with van der Waals surface area (Å²) < 4.78 is 0. The van der Waals surface area contributed by atoms with E-state index in [4.69, 9.17) is 0 Å². The first kappa shape index (κ1) is 8.61.